The molecule has 108 valence electrons. The van der Waals surface area contributed by atoms with E-state index in [-0.39, 0.29) is 0 Å². The molecule has 1 atom stereocenters. The summed E-state index contributed by atoms with van der Waals surface area (Å²) in [4.78, 5) is -0.698. The summed E-state index contributed by atoms with van der Waals surface area (Å²) in [5.74, 6) is -1.80. The second kappa shape index (κ2) is 5.72. The Bertz CT molecular complexity index is 684. The van der Waals surface area contributed by atoms with Crippen molar-refractivity contribution < 1.29 is 21.6 Å². The van der Waals surface area contributed by atoms with E-state index in [0.717, 1.165) is 17.7 Å². The van der Waals surface area contributed by atoms with Gasteiger partial charge in [0, 0.05) is 6.04 Å². The molecular weight excluding hydrogens is 288 g/mol. The SMILES string of the molecule is CC(Cc1ccoc1)NS(=O)(=O)c1cc(F)ccc1F. The summed E-state index contributed by atoms with van der Waals surface area (Å²) < 4.78 is 57.7. The van der Waals surface area contributed by atoms with Crippen molar-refractivity contribution in [1.82, 2.24) is 4.72 Å². The molecular formula is C13H13F2NO3S. The summed E-state index contributed by atoms with van der Waals surface area (Å²) in [6.07, 6.45) is 3.35. The molecule has 0 aliphatic heterocycles. The standard InChI is InChI=1S/C13H13F2NO3S/c1-9(6-10-4-5-19-8-10)16-20(17,18)13-7-11(14)2-3-12(13)15/h2-5,7-9,16H,6H2,1H3. The van der Waals surface area contributed by atoms with E-state index in [1.807, 2.05) is 0 Å². The molecule has 0 radical (unpaired) electrons. The minimum atomic E-state index is -4.11. The molecule has 0 aliphatic rings. The molecule has 0 fully saturated rings. The molecule has 1 aromatic carbocycles. The van der Waals surface area contributed by atoms with Crippen molar-refractivity contribution in [2.75, 3.05) is 0 Å². The first-order valence-electron chi connectivity index (χ1n) is 5.87. The third-order valence-electron chi connectivity index (χ3n) is 2.66. The predicted octanol–water partition coefficient (Wildman–Crippen LogP) is 2.47. The zero-order chi connectivity index (χ0) is 14.8. The van der Waals surface area contributed by atoms with E-state index in [9.17, 15) is 17.2 Å². The molecule has 1 N–H and O–H groups in total. The van der Waals surface area contributed by atoms with E-state index in [0.29, 0.717) is 12.5 Å². The maximum atomic E-state index is 13.5. The van der Waals surface area contributed by atoms with Crippen LogP contribution in [0, 0.1) is 11.6 Å². The first kappa shape index (κ1) is 14.7. The summed E-state index contributed by atoms with van der Waals surface area (Å²) in [7, 11) is -4.11. The molecule has 1 aromatic heterocycles. The average molecular weight is 301 g/mol. The second-order valence-electron chi connectivity index (χ2n) is 4.43. The molecule has 1 heterocycles. The van der Waals surface area contributed by atoms with Gasteiger partial charge in [-0.1, -0.05) is 0 Å². The largest absolute Gasteiger partial charge is 0.472 e. The molecule has 0 aliphatic carbocycles. The van der Waals surface area contributed by atoms with Gasteiger partial charge in [-0.25, -0.2) is 21.9 Å². The maximum Gasteiger partial charge on any atom is 0.243 e. The van der Waals surface area contributed by atoms with Crippen LogP contribution < -0.4 is 4.72 Å². The monoisotopic (exact) mass is 301 g/mol. The molecule has 0 spiro atoms. The zero-order valence-electron chi connectivity index (χ0n) is 10.6. The van der Waals surface area contributed by atoms with Crippen molar-refractivity contribution in [3.8, 4) is 0 Å². The fraction of sp³-hybridized carbons (Fsp3) is 0.231. The Kier molecular flexibility index (Phi) is 4.20. The molecule has 7 heteroatoms. The van der Waals surface area contributed by atoms with Crippen LogP contribution in [0.1, 0.15) is 12.5 Å². The van der Waals surface area contributed by atoms with Crippen molar-refractivity contribution in [3.63, 3.8) is 0 Å². The minimum Gasteiger partial charge on any atom is -0.472 e. The van der Waals surface area contributed by atoms with Crippen molar-refractivity contribution >= 4 is 10.0 Å². The highest BCUT2D eigenvalue weighted by Gasteiger charge is 2.22. The lowest BCUT2D eigenvalue weighted by Crippen LogP contribution is -2.34. The fourth-order valence-electron chi connectivity index (χ4n) is 1.82. The predicted molar refractivity (Wildman–Crippen MR) is 68.6 cm³/mol. The van der Waals surface area contributed by atoms with Gasteiger partial charge in [-0.15, -0.1) is 0 Å². The van der Waals surface area contributed by atoms with Gasteiger partial charge in [0.05, 0.1) is 12.5 Å². The number of rotatable bonds is 5. The fourth-order valence-corrected chi connectivity index (χ4v) is 3.15. The number of halogens is 2. The van der Waals surface area contributed by atoms with Crippen molar-refractivity contribution in [1.29, 1.82) is 0 Å². The molecule has 20 heavy (non-hydrogen) atoms. The number of furan rings is 1. The van der Waals surface area contributed by atoms with E-state index in [4.69, 9.17) is 4.42 Å². The Labute approximate surface area is 115 Å². The summed E-state index contributed by atoms with van der Waals surface area (Å²) >= 11 is 0. The molecule has 0 saturated carbocycles. The normalized spacial score (nSPS) is 13.3. The van der Waals surface area contributed by atoms with E-state index in [1.165, 1.54) is 12.5 Å². The van der Waals surface area contributed by atoms with Crippen LogP contribution in [0.4, 0.5) is 8.78 Å². The quantitative estimate of drug-likeness (QED) is 0.923. The van der Waals surface area contributed by atoms with Crippen LogP contribution in [-0.2, 0) is 16.4 Å². The summed E-state index contributed by atoms with van der Waals surface area (Å²) in [6.45, 7) is 1.63. The van der Waals surface area contributed by atoms with Crippen LogP contribution in [-0.4, -0.2) is 14.5 Å². The first-order chi connectivity index (χ1) is 9.38. The van der Waals surface area contributed by atoms with Gasteiger partial charge in [-0.2, -0.15) is 0 Å². The van der Waals surface area contributed by atoms with E-state index in [2.05, 4.69) is 4.72 Å². The topological polar surface area (TPSA) is 59.3 Å². The highest BCUT2D eigenvalue weighted by Crippen LogP contribution is 2.16. The van der Waals surface area contributed by atoms with E-state index < -0.39 is 32.6 Å². The highest BCUT2D eigenvalue weighted by molar-refractivity contribution is 7.89. The van der Waals surface area contributed by atoms with Gasteiger partial charge < -0.3 is 4.42 Å². The Morgan fingerprint density at radius 1 is 1.30 bits per heavy atom. The van der Waals surface area contributed by atoms with Crippen LogP contribution in [0.2, 0.25) is 0 Å². The molecule has 2 aromatic rings. The molecule has 4 nitrogen and oxygen atoms in total. The summed E-state index contributed by atoms with van der Waals surface area (Å²) in [6, 6.07) is 3.52. The highest BCUT2D eigenvalue weighted by atomic mass is 32.2. The van der Waals surface area contributed by atoms with Crippen molar-refractivity contribution in [3.05, 3.63) is 54.0 Å². The van der Waals surface area contributed by atoms with Gasteiger partial charge in [0.15, 0.2) is 0 Å². The van der Waals surface area contributed by atoms with Crippen LogP contribution in [0.25, 0.3) is 0 Å². The van der Waals surface area contributed by atoms with Gasteiger partial charge in [0.2, 0.25) is 10.0 Å². The number of hydrogen-bond donors (Lipinski definition) is 1. The molecule has 0 bridgehead atoms. The zero-order valence-corrected chi connectivity index (χ0v) is 11.5. The molecule has 0 saturated heterocycles. The van der Waals surface area contributed by atoms with Gasteiger partial charge in [-0.3, -0.25) is 0 Å². The Morgan fingerprint density at radius 3 is 2.70 bits per heavy atom. The summed E-state index contributed by atoms with van der Waals surface area (Å²) in [5.41, 5.74) is 0.805. The number of sulfonamides is 1. The lowest BCUT2D eigenvalue weighted by molar-refractivity contribution is 0.532. The Hall–Kier alpha value is -1.73. The molecule has 2 rings (SSSR count). The average Bonchev–Trinajstić information content (AvgIpc) is 2.84. The molecule has 1 unspecified atom stereocenters. The Morgan fingerprint density at radius 2 is 2.05 bits per heavy atom. The van der Waals surface area contributed by atoms with Crippen molar-refractivity contribution in [2.24, 2.45) is 0 Å². The smallest absolute Gasteiger partial charge is 0.243 e. The Balaban J connectivity index is 2.16. The number of nitrogens with one attached hydrogen (secondary N) is 1. The summed E-state index contributed by atoms with van der Waals surface area (Å²) in [5, 5.41) is 0. The first-order valence-corrected chi connectivity index (χ1v) is 7.35. The van der Waals surface area contributed by atoms with Gasteiger partial charge in [0.1, 0.15) is 16.5 Å². The van der Waals surface area contributed by atoms with Crippen LogP contribution in [0.5, 0.6) is 0 Å². The molecule has 0 amide bonds. The lowest BCUT2D eigenvalue weighted by Gasteiger charge is -2.13. The lowest BCUT2D eigenvalue weighted by atomic mass is 10.1. The van der Waals surface area contributed by atoms with Crippen LogP contribution in [0.15, 0.2) is 46.1 Å². The van der Waals surface area contributed by atoms with Gasteiger partial charge in [-0.05, 0) is 43.2 Å². The minimum absolute atomic E-state index is 0.382. The second-order valence-corrected chi connectivity index (χ2v) is 6.12. The van der Waals surface area contributed by atoms with Gasteiger partial charge in [0.25, 0.3) is 0 Å². The van der Waals surface area contributed by atoms with Gasteiger partial charge >= 0.3 is 0 Å². The third kappa shape index (κ3) is 3.43. The maximum absolute atomic E-state index is 13.5. The number of hydrogen-bond acceptors (Lipinski definition) is 3. The van der Waals surface area contributed by atoms with Crippen LogP contribution >= 0.6 is 0 Å². The van der Waals surface area contributed by atoms with Crippen molar-refractivity contribution in [2.45, 2.75) is 24.3 Å². The number of benzene rings is 1. The van der Waals surface area contributed by atoms with E-state index >= 15 is 0 Å². The third-order valence-corrected chi connectivity index (χ3v) is 4.27. The van der Waals surface area contributed by atoms with Crippen LogP contribution in [0.3, 0.4) is 0 Å². The van der Waals surface area contributed by atoms with E-state index in [1.54, 1.807) is 13.0 Å².